The van der Waals surface area contributed by atoms with Crippen molar-refractivity contribution >= 4 is 53.1 Å². The van der Waals surface area contributed by atoms with Gasteiger partial charge in [-0.05, 0) is 85.7 Å². The molecule has 0 spiro atoms. The quantitative estimate of drug-likeness (QED) is 0.138. The zero-order valence-electron chi connectivity index (χ0n) is 30.0. The lowest BCUT2D eigenvalue weighted by molar-refractivity contribution is 0.262. The van der Waals surface area contributed by atoms with E-state index in [1.54, 1.807) is 64.2 Å². The van der Waals surface area contributed by atoms with Gasteiger partial charge in [-0.1, -0.05) is 45.0 Å². The number of hydrogen-bond donors (Lipinski definition) is 2. The lowest BCUT2D eigenvalue weighted by Crippen LogP contribution is -2.23. The number of methoxy groups -OCH3 is 2. The highest BCUT2D eigenvalue weighted by atomic mass is 31.2. The van der Waals surface area contributed by atoms with Crippen LogP contribution in [0.1, 0.15) is 37.7 Å². The van der Waals surface area contributed by atoms with Gasteiger partial charge in [0.2, 0.25) is 5.88 Å². The first-order chi connectivity index (χ1) is 23.5. The molecule has 5 rings (SSSR count). The summed E-state index contributed by atoms with van der Waals surface area (Å²) in [5, 5.41) is 8.71. The predicted octanol–water partition coefficient (Wildman–Crippen LogP) is 8.47. The third-order valence-corrected chi connectivity index (χ3v) is 11.2. The maximum Gasteiger partial charge on any atom is 0.323 e. The van der Waals surface area contributed by atoms with Crippen LogP contribution in [0, 0.1) is 0 Å². The monoisotopic (exact) mass is 714 g/mol. The number of carbonyl (C=O) groups excluding carboxylic acids is 1. The molecular formula is C38H44N4O6P2. The maximum absolute atomic E-state index is 13.5. The maximum atomic E-state index is 13.5. The molecule has 2 N–H and O–H groups in total. The molecule has 0 aliphatic heterocycles. The fourth-order valence-corrected chi connectivity index (χ4v) is 7.56. The Labute approximate surface area is 293 Å². The smallest absolute Gasteiger partial charge is 0.323 e. The molecule has 50 heavy (non-hydrogen) atoms. The Morgan fingerprint density at radius 3 is 2.14 bits per heavy atom. The summed E-state index contributed by atoms with van der Waals surface area (Å²) < 4.78 is 43.4. The Balaban J connectivity index is 1.40. The van der Waals surface area contributed by atoms with Gasteiger partial charge in [0.1, 0.15) is 31.6 Å². The van der Waals surface area contributed by atoms with Crippen LogP contribution < -0.4 is 35.5 Å². The molecule has 4 aromatic carbocycles. The van der Waals surface area contributed by atoms with Crippen molar-refractivity contribution in [3.8, 4) is 23.1 Å². The molecule has 0 saturated heterocycles. The Bertz CT molecular complexity index is 2170. The van der Waals surface area contributed by atoms with Crippen molar-refractivity contribution in [1.29, 1.82) is 0 Å². The molecule has 0 atom stereocenters. The molecule has 262 valence electrons. The third kappa shape index (κ3) is 8.55. The lowest BCUT2D eigenvalue weighted by atomic mass is 9.86. The van der Waals surface area contributed by atoms with E-state index in [1.165, 1.54) is 7.11 Å². The third-order valence-electron chi connectivity index (χ3n) is 8.17. The zero-order chi connectivity index (χ0) is 36.4. The van der Waals surface area contributed by atoms with Gasteiger partial charge >= 0.3 is 6.03 Å². The van der Waals surface area contributed by atoms with Gasteiger partial charge < -0.3 is 34.0 Å². The average molecular weight is 715 g/mol. The van der Waals surface area contributed by atoms with Gasteiger partial charge in [-0.15, -0.1) is 0 Å². The summed E-state index contributed by atoms with van der Waals surface area (Å²) in [5.41, 5.74) is 2.54. The number of hydrogen-bond acceptors (Lipinski definition) is 8. The van der Waals surface area contributed by atoms with Crippen LogP contribution in [0.25, 0.3) is 10.8 Å². The van der Waals surface area contributed by atoms with Crippen LogP contribution in [0.4, 0.5) is 16.2 Å². The lowest BCUT2D eigenvalue weighted by Gasteiger charge is -2.25. The Morgan fingerprint density at radius 1 is 0.800 bits per heavy atom. The van der Waals surface area contributed by atoms with E-state index in [2.05, 4.69) is 41.4 Å². The summed E-state index contributed by atoms with van der Waals surface area (Å²) in [5.74, 6) is 2.42. The Morgan fingerprint density at radius 2 is 1.50 bits per heavy atom. The summed E-state index contributed by atoms with van der Waals surface area (Å²) >= 11 is 0. The van der Waals surface area contributed by atoms with E-state index in [0.717, 1.165) is 27.2 Å². The zero-order valence-corrected chi connectivity index (χ0v) is 31.7. The highest BCUT2D eigenvalue weighted by Gasteiger charge is 2.26. The topological polar surface area (TPSA) is 129 Å². The van der Waals surface area contributed by atoms with E-state index in [1.807, 2.05) is 48.5 Å². The van der Waals surface area contributed by atoms with Crippen molar-refractivity contribution < 1.29 is 28.1 Å². The van der Waals surface area contributed by atoms with Crippen LogP contribution in [0.5, 0.6) is 23.1 Å². The van der Waals surface area contributed by atoms with Gasteiger partial charge in [0, 0.05) is 34.8 Å². The SMILES string of the molecule is COc1cc(Cc2nccc(Oc3ccc(NC(=O)Nc4cc(C(C)(C)C)cc(P(C)(C)=O)c4OC)c4ccccc34)n2)cc(P(C)(C)=O)c1. The van der Waals surface area contributed by atoms with Crippen molar-refractivity contribution in [2.45, 2.75) is 32.6 Å². The van der Waals surface area contributed by atoms with Gasteiger partial charge in [0.05, 0.1) is 30.9 Å². The summed E-state index contributed by atoms with van der Waals surface area (Å²) in [4.78, 5) is 22.6. The van der Waals surface area contributed by atoms with Crippen molar-refractivity contribution in [2.24, 2.45) is 0 Å². The summed E-state index contributed by atoms with van der Waals surface area (Å²) in [7, 11) is -2.16. The minimum atomic E-state index is -2.74. The average Bonchev–Trinajstić information content (AvgIpc) is 3.04. The van der Waals surface area contributed by atoms with E-state index in [9.17, 15) is 13.9 Å². The number of aromatic nitrogens is 2. The molecule has 2 amide bonds. The number of benzene rings is 4. The van der Waals surface area contributed by atoms with Gasteiger partial charge in [-0.25, -0.2) is 9.78 Å². The molecule has 0 radical (unpaired) electrons. The number of nitrogens with one attached hydrogen (secondary N) is 2. The first-order valence-electron chi connectivity index (χ1n) is 16.1. The number of anilines is 2. The summed E-state index contributed by atoms with van der Waals surface area (Å²) in [6.45, 7) is 13.0. The fraction of sp³-hybridized carbons (Fsp3) is 0.289. The fourth-order valence-electron chi connectivity index (χ4n) is 5.49. The number of urea groups is 1. The Kier molecular flexibility index (Phi) is 10.5. The van der Waals surface area contributed by atoms with E-state index < -0.39 is 20.3 Å². The second-order valence-corrected chi connectivity index (χ2v) is 20.3. The van der Waals surface area contributed by atoms with Gasteiger partial charge in [-0.3, -0.25) is 0 Å². The summed E-state index contributed by atoms with van der Waals surface area (Å²) in [6.07, 6.45) is 2.02. The first-order valence-corrected chi connectivity index (χ1v) is 21.3. The van der Waals surface area contributed by atoms with E-state index >= 15 is 0 Å². The van der Waals surface area contributed by atoms with E-state index in [-0.39, 0.29) is 5.41 Å². The highest BCUT2D eigenvalue weighted by molar-refractivity contribution is 7.70. The largest absolute Gasteiger partial charge is 0.497 e. The second-order valence-electron chi connectivity index (χ2n) is 13.9. The van der Waals surface area contributed by atoms with Gasteiger partial charge in [0.15, 0.2) is 5.75 Å². The van der Waals surface area contributed by atoms with Crippen LogP contribution in [0.15, 0.2) is 79.0 Å². The molecule has 1 heterocycles. The molecule has 5 aromatic rings. The van der Waals surface area contributed by atoms with E-state index in [0.29, 0.717) is 52.1 Å². The molecular weight excluding hydrogens is 670 g/mol. The van der Waals surface area contributed by atoms with Crippen LogP contribution in [0.3, 0.4) is 0 Å². The standard InChI is InChI=1S/C38H44N4O6P2/c1-38(2,3)25-21-31(36(47-5)33(22-25)50(8,9)45)41-37(43)40-30-14-15-32(29-13-11-10-12-28(29)30)48-35-16-17-39-34(42-35)20-24-18-26(46-4)23-27(19-24)49(6,7)44/h10-19,21-23H,20H2,1-9H3,(H2,40,41,43). The highest BCUT2D eigenvalue weighted by Crippen LogP contribution is 2.44. The molecule has 0 aliphatic carbocycles. The van der Waals surface area contributed by atoms with Gasteiger partial charge in [0.25, 0.3) is 0 Å². The van der Waals surface area contributed by atoms with Crippen LogP contribution in [-0.2, 0) is 21.0 Å². The molecule has 0 bridgehead atoms. The number of rotatable bonds is 10. The molecule has 0 saturated carbocycles. The minimum Gasteiger partial charge on any atom is -0.497 e. The molecule has 12 heteroatoms. The Hall–Kier alpha value is -4.65. The molecule has 10 nitrogen and oxygen atoms in total. The van der Waals surface area contributed by atoms with Crippen molar-refractivity contribution in [3.63, 3.8) is 0 Å². The number of carbonyl (C=O) groups is 1. The number of ether oxygens (including phenoxy) is 3. The minimum absolute atomic E-state index is 0.256. The second kappa shape index (κ2) is 14.3. The van der Waals surface area contributed by atoms with Crippen molar-refractivity contribution in [2.75, 3.05) is 51.5 Å². The normalized spacial score (nSPS) is 12.0. The van der Waals surface area contributed by atoms with E-state index in [4.69, 9.17) is 14.2 Å². The van der Waals surface area contributed by atoms with Crippen molar-refractivity contribution in [1.82, 2.24) is 9.97 Å². The van der Waals surface area contributed by atoms with Crippen LogP contribution in [0.2, 0.25) is 0 Å². The number of amides is 2. The predicted molar refractivity (Wildman–Crippen MR) is 204 cm³/mol. The summed E-state index contributed by atoms with van der Waals surface area (Å²) in [6, 6.07) is 21.7. The molecule has 0 unspecified atom stereocenters. The van der Waals surface area contributed by atoms with Gasteiger partial charge in [-0.2, -0.15) is 4.98 Å². The number of fused-ring (bicyclic) bond motifs is 1. The van der Waals surface area contributed by atoms with Crippen molar-refractivity contribution in [3.05, 3.63) is 95.9 Å². The molecule has 1 aromatic heterocycles. The first kappa shape index (κ1) is 36.6. The van der Waals surface area contributed by atoms with Crippen LogP contribution >= 0.6 is 14.3 Å². The molecule has 0 aliphatic rings. The van der Waals surface area contributed by atoms with Crippen LogP contribution in [-0.4, -0.2) is 56.9 Å². The number of nitrogens with zero attached hydrogens (tertiary/aromatic N) is 2. The molecule has 0 fully saturated rings.